The Balaban J connectivity index is 3.58. The number of hydrogen-bond donors (Lipinski definition) is 0. The number of pyridine rings is 1. The van der Waals surface area contributed by atoms with Crippen LogP contribution in [0.25, 0.3) is 0 Å². The van der Waals surface area contributed by atoms with E-state index in [1.54, 1.807) is 0 Å². The molecule has 0 bridgehead atoms. The van der Waals surface area contributed by atoms with Gasteiger partial charge in [0.05, 0.1) is 24.1 Å². The number of hydrogen-bond acceptors (Lipinski definition) is 4. The summed E-state index contributed by atoms with van der Waals surface area (Å²) in [5.74, 6) is -3.62. The molecule has 0 atom stereocenters. The van der Waals surface area contributed by atoms with E-state index in [0.717, 1.165) is 7.11 Å². The minimum Gasteiger partial charge on any atom is -0.465 e. The fourth-order valence-electron chi connectivity index (χ4n) is 1.41. The number of carbonyl (C=O) groups excluding carboxylic acids is 1. The largest absolute Gasteiger partial charge is 0.574 e. The lowest BCUT2D eigenvalue weighted by atomic mass is 10.0. The van der Waals surface area contributed by atoms with E-state index in [4.69, 9.17) is 11.6 Å². The zero-order valence-corrected chi connectivity index (χ0v) is 10.9. The van der Waals surface area contributed by atoms with Gasteiger partial charge >= 0.3 is 18.5 Å². The van der Waals surface area contributed by atoms with Crippen molar-refractivity contribution < 1.29 is 40.6 Å². The Labute approximate surface area is 118 Å². The Hall–Kier alpha value is -1.71. The van der Waals surface area contributed by atoms with E-state index in [0.29, 0.717) is 0 Å². The lowest BCUT2D eigenvalue weighted by Gasteiger charge is -2.17. The molecule has 0 unspecified atom stereocenters. The molecule has 11 heteroatoms. The number of esters is 1. The molecule has 0 saturated heterocycles. The highest BCUT2D eigenvalue weighted by atomic mass is 35.5. The van der Waals surface area contributed by atoms with Crippen LogP contribution >= 0.6 is 11.6 Å². The van der Waals surface area contributed by atoms with Gasteiger partial charge in [-0.1, -0.05) is 0 Å². The second kappa shape index (κ2) is 5.96. The van der Waals surface area contributed by atoms with E-state index in [-0.39, 0.29) is 6.20 Å². The maximum atomic E-state index is 12.8. The molecule has 0 radical (unpaired) electrons. The molecule has 1 heterocycles. The molecule has 21 heavy (non-hydrogen) atoms. The van der Waals surface area contributed by atoms with Crippen molar-refractivity contribution >= 4 is 17.6 Å². The molecule has 0 amide bonds. The molecule has 0 N–H and O–H groups in total. The van der Waals surface area contributed by atoms with Crippen molar-refractivity contribution in [3.8, 4) is 5.88 Å². The van der Waals surface area contributed by atoms with Crippen molar-refractivity contribution in [2.24, 2.45) is 0 Å². The highest BCUT2D eigenvalue weighted by molar-refractivity contribution is 6.18. The topological polar surface area (TPSA) is 48.4 Å². The van der Waals surface area contributed by atoms with Gasteiger partial charge in [0.25, 0.3) is 0 Å². The average molecular weight is 338 g/mol. The van der Waals surface area contributed by atoms with E-state index in [1.165, 1.54) is 0 Å². The number of nitrogens with zero attached hydrogens (tertiary/aromatic N) is 1. The summed E-state index contributed by atoms with van der Waals surface area (Å²) >= 11 is 5.33. The first-order valence-electron chi connectivity index (χ1n) is 5.00. The number of aromatic nitrogens is 1. The molecular weight excluding hydrogens is 332 g/mol. The molecular formula is C10H6ClF6NO3. The van der Waals surface area contributed by atoms with Crippen LogP contribution in [0, 0.1) is 0 Å². The van der Waals surface area contributed by atoms with Crippen LogP contribution in [-0.2, 0) is 16.8 Å². The quantitative estimate of drug-likeness (QED) is 0.481. The standard InChI is InChI=1S/C10H6ClF6NO3/c1-20-8(19)6-4(2-11)7(21-10(15,16)17)18-3-5(6)9(12,13)14/h3H,2H2,1H3. The molecule has 1 aromatic rings. The highest BCUT2D eigenvalue weighted by Gasteiger charge is 2.40. The van der Waals surface area contributed by atoms with Gasteiger partial charge < -0.3 is 9.47 Å². The van der Waals surface area contributed by atoms with Crippen LogP contribution in [0.2, 0.25) is 0 Å². The second-order valence-electron chi connectivity index (χ2n) is 3.50. The molecule has 4 nitrogen and oxygen atoms in total. The molecule has 0 aromatic carbocycles. The van der Waals surface area contributed by atoms with Crippen molar-refractivity contribution in [1.29, 1.82) is 0 Å². The fourth-order valence-corrected chi connectivity index (χ4v) is 1.65. The van der Waals surface area contributed by atoms with Gasteiger partial charge in [-0.2, -0.15) is 13.2 Å². The van der Waals surface area contributed by atoms with Crippen LogP contribution < -0.4 is 4.74 Å². The van der Waals surface area contributed by atoms with Crippen LogP contribution in [0.3, 0.4) is 0 Å². The van der Waals surface area contributed by atoms with Gasteiger partial charge in [-0.3, -0.25) is 0 Å². The summed E-state index contributed by atoms with van der Waals surface area (Å²) in [6, 6.07) is 0. The summed E-state index contributed by atoms with van der Waals surface area (Å²) in [6.45, 7) is 0. The SMILES string of the molecule is COC(=O)c1c(C(F)(F)F)cnc(OC(F)(F)F)c1CCl. The van der Waals surface area contributed by atoms with E-state index < -0.39 is 47.0 Å². The molecule has 0 aliphatic carbocycles. The lowest BCUT2D eigenvalue weighted by Crippen LogP contribution is -2.22. The van der Waals surface area contributed by atoms with Gasteiger partial charge in [-0.15, -0.1) is 24.8 Å². The minimum atomic E-state index is -5.21. The zero-order valence-electron chi connectivity index (χ0n) is 10.1. The Morgan fingerprint density at radius 2 is 1.86 bits per heavy atom. The van der Waals surface area contributed by atoms with E-state index in [9.17, 15) is 31.1 Å². The van der Waals surface area contributed by atoms with Gasteiger partial charge in [0, 0.05) is 11.8 Å². The molecule has 1 aromatic heterocycles. The Morgan fingerprint density at radius 3 is 2.24 bits per heavy atom. The van der Waals surface area contributed by atoms with Crippen molar-refractivity contribution in [3.05, 3.63) is 22.9 Å². The van der Waals surface area contributed by atoms with Crippen LogP contribution in [0.1, 0.15) is 21.5 Å². The van der Waals surface area contributed by atoms with Crippen LogP contribution in [0.15, 0.2) is 6.20 Å². The number of methoxy groups -OCH3 is 1. The third-order valence-electron chi connectivity index (χ3n) is 2.18. The molecule has 118 valence electrons. The summed E-state index contributed by atoms with van der Waals surface area (Å²) in [5.41, 5.74) is -3.61. The molecule has 0 aliphatic rings. The van der Waals surface area contributed by atoms with Crippen molar-refractivity contribution in [2.45, 2.75) is 18.4 Å². The van der Waals surface area contributed by atoms with Crippen LogP contribution in [-0.4, -0.2) is 24.4 Å². The van der Waals surface area contributed by atoms with Gasteiger partial charge in [-0.05, 0) is 0 Å². The number of ether oxygens (including phenoxy) is 2. The number of carbonyl (C=O) groups is 1. The first kappa shape index (κ1) is 17.3. The van der Waals surface area contributed by atoms with Gasteiger partial charge in [-0.25, -0.2) is 9.78 Å². The van der Waals surface area contributed by atoms with Crippen LogP contribution in [0.4, 0.5) is 26.3 Å². The number of alkyl halides is 7. The summed E-state index contributed by atoms with van der Waals surface area (Å²) < 4.78 is 82.4. The van der Waals surface area contributed by atoms with Gasteiger partial charge in [0.2, 0.25) is 5.88 Å². The third-order valence-corrected chi connectivity index (χ3v) is 2.45. The Bertz CT molecular complexity index is 543. The summed E-state index contributed by atoms with van der Waals surface area (Å²) in [5, 5.41) is 0. The third kappa shape index (κ3) is 4.13. The Morgan fingerprint density at radius 1 is 1.29 bits per heavy atom. The highest BCUT2D eigenvalue weighted by Crippen LogP contribution is 2.37. The van der Waals surface area contributed by atoms with E-state index in [2.05, 4.69) is 14.5 Å². The summed E-state index contributed by atoms with van der Waals surface area (Å²) in [7, 11) is 0.769. The first-order chi connectivity index (χ1) is 9.51. The average Bonchev–Trinajstić information content (AvgIpc) is 2.33. The monoisotopic (exact) mass is 337 g/mol. The predicted molar refractivity (Wildman–Crippen MR) is 56.8 cm³/mol. The van der Waals surface area contributed by atoms with Crippen molar-refractivity contribution in [1.82, 2.24) is 4.98 Å². The molecule has 1 rings (SSSR count). The number of halogens is 7. The normalized spacial score (nSPS) is 12.2. The minimum absolute atomic E-state index is 0.0450. The first-order valence-corrected chi connectivity index (χ1v) is 5.53. The maximum Gasteiger partial charge on any atom is 0.574 e. The molecule has 0 saturated carbocycles. The molecule has 0 fully saturated rings. The second-order valence-corrected chi connectivity index (χ2v) is 3.77. The number of rotatable bonds is 3. The van der Waals surface area contributed by atoms with Crippen molar-refractivity contribution in [2.75, 3.05) is 7.11 Å². The molecule has 0 aliphatic heterocycles. The predicted octanol–water partition coefficient (Wildman–Crippen LogP) is 3.52. The zero-order chi connectivity index (χ0) is 16.4. The van der Waals surface area contributed by atoms with Gasteiger partial charge in [0.1, 0.15) is 0 Å². The maximum absolute atomic E-state index is 12.8. The van der Waals surface area contributed by atoms with Crippen LogP contribution in [0.5, 0.6) is 5.88 Å². The lowest BCUT2D eigenvalue weighted by molar-refractivity contribution is -0.276. The molecule has 0 spiro atoms. The fraction of sp³-hybridized carbons (Fsp3) is 0.400. The summed E-state index contributed by atoms with van der Waals surface area (Å²) in [4.78, 5) is 14.4. The van der Waals surface area contributed by atoms with E-state index in [1.807, 2.05) is 0 Å². The Kier molecular flexibility index (Phi) is 4.92. The van der Waals surface area contributed by atoms with E-state index >= 15 is 0 Å². The van der Waals surface area contributed by atoms with Crippen molar-refractivity contribution in [3.63, 3.8) is 0 Å². The summed E-state index contributed by atoms with van der Waals surface area (Å²) in [6.07, 6.45) is -10.2. The smallest absolute Gasteiger partial charge is 0.465 e. The van der Waals surface area contributed by atoms with Gasteiger partial charge in [0.15, 0.2) is 0 Å².